The van der Waals surface area contributed by atoms with Gasteiger partial charge in [-0.3, -0.25) is 4.79 Å². The molecule has 0 fully saturated rings. The Hall–Kier alpha value is -3.64. The highest BCUT2D eigenvalue weighted by Gasteiger charge is 2.18. The minimum absolute atomic E-state index is 0.0886. The Balaban J connectivity index is 1.62. The third-order valence-electron chi connectivity index (χ3n) is 5.41. The lowest BCUT2D eigenvalue weighted by Crippen LogP contribution is -2.34. The van der Waals surface area contributed by atoms with Gasteiger partial charge in [0.05, 0.1) is 0 Å². The van der Waals surface area contributed by atoms with E-state index in [1.54, 1.807) is 36.1 Å². The second kappa shape index (κ2) is 12.6. The van der Waals surface area contributed by atoms with Gasteiger partial charge in [-0.05, 0) is 42.7 Å². The number of aliphatic carboxylic acids is 1. The molecule has 0 heterocycles. The molecule has 0 saturated carbocycles. The maximum atomic E-state index is 13.1. The number of carboxylic acid groups (broad SMARTS) is 1. The number of carboxylic acids is 1. The van der Waals surface area contributed by atoms with Gasteiger partial charge >= 0.3 is 5.97 Å². The van der Waals surface area contributed by atoms with Crippen molar-refractivity contribution in [1.29, 1.82) is 0 Å². The second-order valence-corrected chi connectivity index (χ2v) is 8.14. The highest BCUT2D eigenvalue weighted by atomic mass is 16.5. The number of hydrogen-bond donors (Lipinski definition) is 1. The first-order chi connectivity index (χ1) is 16.4. The molecule has 0 aliphatic heterocycles. The van der Waals surface area contributed by atoms with E-state index in [0.717, 1.165) is 16.7 Å². The number of nitrogens with zero attached hydrogens (tertiary/aromatic N) is 1. The number of carbonyl (C=O) groups excluding carboxylic acids is 1. The minimum atomic E-state index is -0.986. The van der Waals surface area contributed by atoms with Gasteiger partial charge in [-0.1, -0.05) is 72.3 Å². The second-order valence-electron chi connectivity index (χ2n) is 8.14. The molecule has 1 N–H and O–H groups in total. The normalized spacial score (nSPS) is 11.6. The molecule has 3 aromatic rings. The van der Waals surface area contributed by atoms with E-state index in [1.807, 2.05) is 61.5 Å². The highest BCUT2D eigenvalue weighted by molar-refractivity contribution is 5.77. The number of hydrogen-bond acceptors (Lipinski definition) is 4. The predicted molar refractivity (Wildman–Crippen MR) is 131 cm³/mol. The fourth-order valence-corrected chi connectivity index (χ4v) is 3.54. The first kappa shape index (κ1) is 25.0. The van der Waals surface area contributed by atoms with Crippen molar-refractivity contribution in [3.05, 3.63) is 101 Å². The first-order valence-electron chi connectivity index (χ1n) is 11.4. The monoisotopic (exact) mass is 461 g/mol. The Labute approximate surface area is 200 Å². The van der Waals surface area contributed by atoms with Crippen molar-refractivity contribution in [3.63, 3.8) is 0 Å². The summed E-state index contributed by atoms with van der Waals surface area (Å²) in [7, 11) is 0. The van der Waals surface area contributed by atoms with Crippen LogP contribution in [0.5, 0.6) is 5.75 Å². The summed E-state index contributed by atoms with van der Waals surface area (Å²) in [4.78, 5) is 26.1. The average molecular weight is 462 g/mol. The third-order valence-corrected chi connectivity index (χ3v) is 5.41. The number of aryl methyl sites for hydroxylation is 1. The van der Waals surface area contributed by atoms with E-state index >= 15 is 0 Å². The molecule has 1 atom stereocenters. The summed E-state index contributed by atoms with van der Waals surface area (Å²) in [5, 5.41) is 9.25. The van der Waals surface area contributed by atoms with Crippen LogP contribution in [0.25, 0.3) is 0 Å². The van der Waals surface area contributed by atoms with Crippen LogP contribution in [-0.2, 0) is 33.8 Å². The lowest BCUT2D eigenvalue weighted by Gasteiger charge is -2.23. The van der Waals surface area contributed by atoms with Gasteiger partial charge in [-0.15, -0.1) is 0 Å². The Morgan fingerprint density at radius 1 is 0.853 bits per heavy atom. The van der Waals surface area contributed by atoms with Crippen LogP contribution in [0.1, 0.15) is 29.2 Å². The number of ether oxygens (including phenoxy) is 2. The lowest BCUT2D eigenvalue weighted by atomic mass is 10.1. The minimum Gasteiger partial charge on any atom is -0.484 e. The van der Waals surface area contributed by atoms with Gasteiger partial charge in [0, 0.05) is 26.1 Å². The maximum absolute atomic E-state index is 13.1. The van der Waals surface area contributed by atoms with Crippen LogP contribution >= 0.6 is 0 Å². The Kier molecular flexibility index (Phi) is 9.23. The largest absolute Gasteiger partial charge is 0.484 e. The van der Waals surface area contributed by atoms with Gasteiger partial charge in [-0.25, -0.2) is 4.79 Å². The molecule has 6 heteroatoms. The number of rotatable bonds is 12. The van der Waals surface area contributed by atoms with E-state index in [4.69, 9.17) is 9.47 Å². The van der Waals surface area contributed by atoms with Crippen LogP contribution in [0.15, 0.2) is 78.9 Å². The molecule has 0 bridgehead atoms. The summed E-state index contributed by atoms with van der Waals surface area (Å²) >= 11 is 0. The molecule has 34 heavy (non-hydrogen) atoms. The van der Waals surface area contributed by atoms with Crippen molar-refractivity contribution in [3.8, 4) is 5.75 Å². The van der Waals surface area contributed by atoms with Crippen molar-refractivity contribution < 1.29 is 24.2 Å². The van der Waals surface area contributed by atoms with E-state index in [-0.39, 0.29) is 18.9 Å². The lowest BCUT2D eigenvalue weighted by molar-refractivity contribution is -0.150. The zero-order valence-electron chi connectivity index (χ0n) is 19.6. The molecule has 0 aliphatic rings. The summed E-state index contributed by atoms with van der Waals surface area (Å²) in [6.07, 6.45) is -0.615. The maximum Gasteiger partial charge on any atom is 0.333 e. The molecule has 3 aromatic carbocycles. The molecule has 0 aliphatic carbocycles. The van der Waals surface area contributed by atoms with Gasteiger partial charge < -0.3 is 19.5 Å². The summed E-state index contributed by atoms with van der Waals surface area (Å²) in [6, 6.07) is 25.1. The zero-order chi connectivity index (χ0) is 24.3. The van der Waals surface area contributed by atoms with Gasteiger partial charge in [0.25, 0.3) is 5.91 Å². The third kappa shape index (κ3) is 7.74. The Morgan fingerprint density at radius 2 is 1.44 bits per heavy atom. The molecular formula is C28H31NO5. The standard InChI is InChI=1S/C28H31NO5/c1-3-33-26(28(31)32)17-22-13-15-25(16-14-22)34-20-27(30)29(18-23-7-5-4-6-8-23)19-24-11-9-21(2)10-12-24/h4-16,26H,3,17-20H2,1-2H3,(H,31,32)/t26-/m0/s1. The van der Waals surface area contributed by atoms with Crippen LogP contribution in [-0.4, -0.2) is 41.2 Å². The molecule has 3 rings (SSSR count). The topological polar surface area (TPSA) is 76.1 Å². The fourth-order valence-electron chi connectivity index (χ4n) is 3.54. The summed E-state index contributed by atoms with van der Waals surface area (Å²) in [6.45, 7) is 5.03. The van der Waals surface area contributed by atoms with E-state index < -0.39 is 12.1 Å². The highest BCUT2D eigenvalue weighted by Crippen LogP contribution is 2.16. The molecule has 0 aromatic heterocycles. The van der Waals surface area contributed by atoms with Crippen LogP contribution < -0.4 is 4.74 Å². The Morgan fingerprint density at radius 3 is 2.03 bits per heavy atom. The quantitative estimate of drug-likeness (QED) is 0.425. The van der Waals surface area contributed by atoms with E-state index in [1.165, 1.54) is 5.56 Å². The fraction of sp³-hybridized carbons (Fsp3) is 0.286. The summed E-state index contributed by atoms with van der Waals surface area (Å²) in [5.41, 5.74) is 4.10. The van der Waals surface area contributed by atoms with Crippen LogP contribution in [0, 0.1) is 6.92 Å². The van der Waals surface area contributed by atoms with Crippen LogP contribution in [0.3, 0.4) is 0 Å². The molecule has 0 saturated heterocycles. The molecule has 178 valence electrons. The average Bonchev–Trinajstić information content (AvgIpc) is 2.84. The number of amides is 1. The van der Waals surface area contributed by atoms with Gasteiger partial charge in [-0.2, -0.15) is 0 Å². The van der Waals surface area contributed by atoms with Crippen molar-refractivity contribution >= 4 is 11.9 Å². The molecule has 0 spiro atoms. The van der Waals surface area contributed by atoms with Gasteiger partial charge in [0.15, 0.2) is 12.7 Å². The van der Waals surface area contributed by atoms with E-state index in [9.17, 15) is 14.7 Å². The molecular weight excluding hydrogens is 430 g/mol. The molecule has 0 unspecified atom stereocenters. The SMILES string of the molecule is CCO[C@@H](Cc1ccc(OCC(=O)N(Cc2ccccc2)Cc2ccc(C)cc2)cc1)C(=O)O. The van der Waals surface area contributed by atoms with Crippen molar-refractivity contribution in [2.75, 3.05) is 13.2 Å². The molecule has 1 amide bonds. The van der Waals surface area contributed by atoms with Gasteiger partial charge in [0.2, 0.25) is 0 Å². The number of benzene rings is 3. The van der Waals surface area contributed by atoms with Crippen LogP contribution in [0.2, 0.25) is 0 Å². The van der Waals surface area contributed by atoms with Crippen molar-refractivity contribution in [2.24, 2.45) is 0 Å². The first-order valence-corrected chi connectivity index (χ1v) is 11.4. The Bertz CT molecular complexity index is 1050. The van der Waals surface area contributed by atoms with Gasteiger partial charge in [0.1, 0.15) is 5.75 Å². The summed E-state index contributed by atoms with van der Waals surface area (Å²) in [5.74, 6) is -0.550. The van der Waals surface area contributed by atoms with Crippen molar-refractivity contribution in [1.82, 2.24) is 4.90 Å². The van der Waals surface area contributed by atoms with Crippen LogP contribution in [0.4, 0.5) is 0 Å². The van der Waals surface area contributed by atoms with E-state index in [0.29, 0.717) is 25.4 Å². The van der Waals surface area contributed by atoms with Crippen molar-refractivity contribution in [2.45, 2.75) is 39.5 Å². The van der Waals surface area contributed by atoms with E-state index in [2.05, 4.69) is 0 Å². The molecule has 6 nitrogen and oxygen atoms in total. The predicted octanol–water partition coefficient (Wildman–Crippen LogP) is 4.64. The molecule has 0 radical (unpaired) electrons. The zero-order valence-corrected chi connectivity index (χ0v) is 19.6. The summed E-state index contributed by atoms with van der Waals surface area (Å²) < 4.78 is 11.0. The smallest absolute Gasteiger partial charge is 0.333 e. The number of carbonyl (C=O) groups is 2.